The van der Waals surface area contributed by atoms with Gasteiger partial charge in [0.25, 0.3) is 5.91 Å². The molecule has 0 radical (unpaired) electrons. The van der Waals surface area contributed by atoms with Gasteiger partial charge in [-0.05, 0) is 17.4 Å². The third-order valence-corrected chi connectivity index (χ3v) is 4.38. The summed E-state index contributed by atoms with van der Waals surface area (Å²) < 4.78 is 5.13. The van der Waals surface area contributed by atoms with Gasteiger partial charge in [0, 0.05) is 5.38 Å². The van der Waals surface area contributed by atoms with E-state index in [2.05, 4.69) is 24.1 Å². The van der Waals surface area contributed by atoms with E-state index in [1.807, 2.05) is 10.8 Å². The smallest absolute Gasteiger partial charge is 0.265 e. The number of hydrogen-bond acceptors (Lipinski definition) is 5. The van der Waals surface area contributed by atoms with Crippen LogP contribution in [-0.4, -0.2) is 18.0 Å². The number of thiophene rings is 1. The van der Waals surface area contributed by atoms with Crippen molar-refractivity contribution in [2.45, 2.75) is 26.3 Å². The number of nitrogens with zero attached hydrogens (tertiary/aromatic N) is 1. The minimum atomic E-state index is -0.117. The molecule has 6 heteroatoms. The maximum Gasteiger partial charge on any atom is 0.265 e. The van der Waals surface area contributed by atoms with E-state index in [9.17, 15) is 4.79 Å². The molecular formula is C13H16N2O2S2. The van der Waals surface area contributed by atoms with Crippen molar-refractivity contribution >= 4 is 28.6 Å². The second-order valence-corrected chi connectivity index (χ2v) is 6.18. The third-order valence-electron chi connectivity index (χ3n) is 2.62. The van der Waals surface area contributed by atoms with Crippen molar-refractivity contribution < 1.29 is 9.53 Å². The van der Waals surface area contributed by atoms with E-state index >= 15 is 0 Å². The van der Waals surface area contributed by atoms with Crippen LogP contribution < -0.4 is 10.1 Å². The fraction of sp³-hybridized carbons (Fsp3) is 0.385. The maximum absolute atomic E-state index is 12.0. The van der Waals surface area contributed by atoms with Crippen LogP contribution >= 0.6 is 22.7 Å². The molecule has 0 aromatic carbocycles. The average molecular weight is 296 g/mol. The molecular weight excluding hydrogens is 280 g/mol. The molecule has 0 saturated carbocycles. The van der Waals surface area contributed by atoms with Gasteiger partial charge in [-0.1, -0.05) is 13.8 Å². The van der Waals surface area contributed by atoms with Crippen LogP contribution in [0, 0.1) is 0 Å². The Morgan fingerprint density at radius 3 is 2.89 bits per heavy atom. The number of amides is 1. The number of carbonyl (C=O) groups is 1. The fourth-order valence-corrected chi connectivity index (χ4v) is 3.20. The molecule has 0 atom stereocenters. The number of nitrogens with one attached hydrogen (secondary N) is 1. The van der Waals surface area contributed by atoms with Crippen LogP contribution in [0.4, 0.5) is 0 Å². The Bertz CT molecular complexity index is 560. The van der Waals surface area contributed by atoms with Crippen LogP contribution in [-0.2, 0) is 6.54 Å². The lowest BCUT2D eigenvalue weighted by atomic mass is 10.2. The van der Waals surface area contributed by atoms with E-state index in [1.54, 1.807) is 24.5 Å². The van der Waals surface area contributed by atoms with Crippen molar-refractivity contribution in [1.82, 2.24) is 10.3 Å². The van der Waals surface area contributed by atoms with Crippen molar-refractivity contribution in [3.8, 4) is 5.75 Å². The zero-order valence-corrected chi connectivity index (χ0v) is 12.7. The zero-order chi connectivity index (χ0) is 13.8. The first kappa shape index (κ1) is 14.0. The Kier molecular flexibility index (Phi) is 4.55. The Labute approximate surface area is 120 Å². The molecule has 2 aromatic rings. The average Bonchev–Trinajstić information content (AvgIpc) is 3.04. The number of hydrogen-bond donors (Lipinski definition) is 1. The number of ether oxygens (including phenoxy) is 1. The van der Waals surface area contributed by atoms with Crippen LogP contribution in [0.5, 0.6) is 5.75 Å². The van der Waals surface area contributed by atoms with E-state index in [0.29, 0.717) is 23.1 Å². The number of carbonyl (C=O) groups excluding carboxylic acids is 1. The molecule has 2 heterocycles. The minimum absolute atomic E-state index is 0.117. The van der Waals surface area contributed by atoms with Crippen molar-refractivity contribution in [3.63, 3.8) is 0 Å². The topological polar surface area (TPSA) is 51.2 Å². The van der Waals surface area contributed by atoms with Crippen LogP contribution in [0.1, 0.15) is 40.1 Å². The van der Waals surface area contributed by atoms with Gasteiger partial charge in [-0.3, -0.25) is 4.79 Å². The predicted octanol–water partition coefficient (Wildman–Crippen LogP) is 3.27. The van der Waals surface area contributed by atoms with Gasteiger partial charge >= 0.3 is 0 Å². The zero-order valence-electron chi connectivity index (χ0n) is 11.1. The molecule has 0 unspecified atom stereocenters. The summed E-state index contributed by atoms with van der Waals surface area (Å²) in [6, 6.07) is 1.79. The van der Waals surface area contributed by atoms with E-state index in [-0.39, 0.29) is 5.91 Å². The summed E-state index contributed by atoms with van der Waals surface area (Å²) in [6.45, 7) is 4.67. The summed E-state index contributed by atoms with van der Waals surface area (Å²) in [6.07, 6.45) is 0. The summed E-state index contributed by atoms with van der Waals surface area (Å²) in [7, 11) is 1.56. The third kappa shape index (κ3) is 3.33. The largest absolute Gasteiger partial charge is 0.495 e. The molecule has 19 heavy (non-hydrogen) atoms. The van der Waals surface area contributed by atoms with E-state index in [1.165, 1.54) is 11.3 Å². The molecule has 102 valence electrons. The van der Waals surface area contributed by atoms with Crippen LogP contribution in [0.3, 0.4) is 0 Å². The van der Waals surface area contributed by atoms with Gasteiger partial charge in [-0.2, -0.15) is 0 Å². The molecule has 0 aliphatic carbocycles. The van der Waals surface area contributed by atoms with E-state index in [0.717, 1.165) is 10.7 Å². The molecule has 0 aliphatic rings. The lowest BCUT2D eigenvalue weighted by molar-refractivity contribution is 0.0952. The van der Waals surface area contributed by atoms with Crippen molar-refractivity contribution in [2.24, 2.45) is 0 Å². The van der Waals surface area contributed by atoms with Gasteiger partial charge in [-0.15, -0.1) is 22.7 Å². The second kappa shape index (κ2) is 6.16. The Morgan fingerprint density at radius 1 is 1.47 bits per heavy atom. The summed E-state index contributed by atoms with van der Waals surface area (Å²) in [5.41, 5.74) is 1.07. The summed E-state index contributed by atoms with van der Waals surface area (Å²) in [5, 5.41) is 7.67. The molecule has 1 amide bonds. The monoisotopic (exact) mass is 296 g/mol. The fourth-order valence-electron chi connectivity index (χ4n) is 1.53. The van der Waals surface area contributed by atoms with Gasteiger partial charge in [-0.25, -0.2) is 4.98 Å². The highest BCUT2D eigenvalue weighted by molar-refractivity contribution is 7.12. The van der Waals surface area contributed by atoms with Crippen molar-refractivity contribution in [3.05, 3.63) is 32.4 Å². The molecule has 4 nitrogen and oxygen atoms in total. The first-order valence-electron chi connectivity index (χ1n) is 5.95. The second-order valence-electron chi connectivity index (χ2n) is 4.32. The summed E-state index contributed by atoms with van der Waals surface area (Å²) >= 11 is 2.95. The van der Waals surface area contributed by atoms with Crippen molar-refractivity contribution in [1.29, 1.82) is 0 Å². The maximum atomic E-state index is 12.0. The van der Waals surface area contributed by atoms with E-state index in [4.69, 9.17) is 4.74 Å². The first-order valence-corrected chi connectivity index (χ1v) is 7.71. The lowest BCUT2D eigenvalue weighted by Crippen LogP contribution is -2.22. The number of thiazole rings is 1. The first-order chi connectivity index (χ1) is 9.11. The quantitative estimate of drug-likeness (QED) is 0.921. The number of methoxy groups -OCH3 is 1. The van der Waals surface area contributed by atoms with E-state index < -0.39 is 0 Å². The van der Waals surface area contributed by atoms with Crippen LogP contribution in [0.15, 0.2) is 16.8 Å². The van der Waals surface area contributed by atoms with Gasteiger partial charge in [0.15, 0.2) is 0 Å². The highest BCUT2D eigenvalue weighted by atomic mass is 32.1. The molecule has 2 rings (SSSR count). The number of rotatable bonds is 5. The van der Waals surface area contributed by atoms with Gasteiger partial charge in [0.1, 0.15) is 15.6 Å². The molecule has 0 fully saturated rings. The molecule has 2 aromatic heterocycles. The van der Waals surface area contributed by atoms with Crippen LogP contribution in [0.25, 0.3) is 0 Å². The standard InChI is InChI=1S/C13H16N2O2S2/c1-8(2)9-7-19-11(15-9)6-14-13(16)12-10(17-3)4-5-18-12/h4-5,7-8H,6H2,1-3H3,(H,14,16). The van der Waals surface area contributed by atoms with Gasteiger partial charge in [0.2, 0.25) is 0 Å². The number of aromatic nitrogens is 1. The molecule has 0 bridgehead atoms. The molecule has 0 aliphatic heterocycles. The predicted molar refractivity (Wildman–Crippen MR) is 78.2 cm³/mol. The van der Waals surface area contributed by atoms with Crippen molar-refractivity contribution in [2.75, 3.05) is 7.11 Å². The summed E-state index contributed by atoms with van der Waals surface area (Å²) in [5.74, 6) is 0.913. The van der Waals surface area contributed by atoms with Gasteiger partial charge in [0.05, 0.1) is 19.3 Å². The Balaban J connectivity index is 1.96. The molecule has 0 spiro atoms. The molecule has 1 N–H and O–H groups in total. The normalized spacial score (nSPS) is 10.7. The highest BCUT2D eigenvalue weighted by Gasteiger charge is 2.14. The Morgan fingerprint density at radius 2 is 2.26 bits per heavy atom. The van der Waals surface area contributed by atoms with Gasteiger partial charge < -0.3 is 10.1 Å². The lowest BCUT2D eigenvalue weighted by Gasteiger charge is -2.03. The highest BCUT2D eigenvalue weighted by Crippen LogP contribution is 2.24. The Hall–Kier alpha value is -1.40. The molecule has 0 saturated heterocycles. The van der Waals surface area contributed by atoms with Crippen LogP contribution in [0.2, 0.25) is 0 Å². The minimum Gasteiger partial charge on any atom is -0.495 e. The SMILES string of the molecule is COc1ccsc1C(=O)NCc1nc(C(C)C)cs1. The summed E-state index contributed by atoms with van der Waals surface area (Å²) in [4.78, 5) is 17.1.